The fourth-order valence-corrected chi connectivity index (χ4v) is 2.13. The molecular weight excluding hydrogens is 220 g/mol. The first-order valence-corrected chi connectivity index (χ1v) is 6.92. The second kappa shape index (κ2) is 7.18. The fourth-order valence-electron chi connectivity index (χ4n) is 2.13. The Kier molecular flexibility index (Phi) is 5.88. The first-order chi connectivity index (χ1) is 8.68. The van der Waals surface area contributed by atoms with Crippen molar-refractivity contribution in [1.82, 2.24) is 4.98 Å². The summed E-state index contributed by atoms with van der Waals surface area (Å²) in [5.41, 5.74) is 8.10. The Balaban J connectivity index is 0.000000771. The van der Waals surface area contributed by atoms with Crippen LogP contribution in [0.15, 0.2) is 18.5 Å². The molecule has 2 heteroatoms. The van der Waals surface area contributed by atoms with E-state index in [1.165, 1.54) is 19.3 Å². The Bertz CT molecular complexity index is 420. The van der Waals surface area contributed by atoms with Gasteiger partial charge in [-0.1, -0.05) is 45.0 Å². The number of nitrogens with two attached hydrogens (primary N) is 1. The predicted octanol–water partition coefficient (Wildman–Crippen LogP) is 3.43. The van der Waals surface area contributed by atoms with Crippen LogP contribution in [-0.4, -0.2) is 10.5 Å². The molecule has 1 aromatic rings. The molecule has 0 radical (unpaired) electrons. The molecular formula is C16H24N2. The maximum atomic E-state index is 6.25. The van der Waals surface area contributed by atoms with Gasteiger partial charge in [0.15, 0.2) is 0 Å². The van der Waals surface area contributed by atoms with E-state index in [1.807, 2.05) is 33.0 Å². The molecule has 0 spiro atoms. The van der Waals surface area contributed by atoms with Gasteiger partial charge in [-0.15, -0.1) is 0 Å². The van der Waals surface area contributed by atoms with Gasteiger partial charge in [-0.05, 0) is 31.4 Å². The lowest BCUT2D eigenvalue weighted by Crippen LogP contribution is -2.40. The van der Waals surface area contributed by atoms with Gasteiger partial charge in [-0.3, -0.25) is 4.98 Å². The van der Waals surface area contributed by atoms with Crippen molar-refractivity contribution in [3.63, 3.8) is 0 Å². The summed E-state index contributed by atoms with van der Waals surface area (Å²) in [4.78, 5) is 4.13. The molecule has 1 aliphatic rings. The average molecular weight is 244 g/mol. The highest BCUT2D eigenvalue weighted by Crippen LogP contribution is 2.25. The maximum Gasteiger partial charge on any atom is 0.0779 e. The van der Waals surface area contributed by atoms with E-state index in [9.17, 15) is 0 Å². The van der Waals surface area contributed by atoms with Gasteiger partial charge in [-0.25, -0.2) is 0 Å². The quantitative estimate of drug-likeness (QED) is 0.710. The molecule has 1 aromatic heterocycles. The standard InChI is InChI=1S/C14H18N2.C2H6/c1-12-9-13(11-16-10-12)5-8-14(15)6-3-2-4-7-14;1-2/h9-11H,2-4,6-7,15H2,1H3;1-2H3. The third-order valence-corrected chi connectivity index (χ3v) is 3.08. The van der Waals surface area contributed by atoms with Crippen molar-refractivity contribution in [2.75, 3.05) is 0 Å². The molecule has 1 heterocycles. The molecule has 98 valence electrons. The van der Waals surface area contributed by atoms with Crippen molar-refractivity contribution in [2.24, 2.45) is 5.73 Å². The zero-order valence-corrected chi connectivity index (χ0v) is 11.8. The van der Waals surface area contributed by atoms with E-state index in [2.05, 4.69) is 16.8 Å². The molecule has 1 fully saturated rings. The smallest absolute Gasteiger partial charge is 0.0779 e. The molecule has 1 saturated carbocycles. The third-order valence-electron chi connectivity index (χ3n) is 3.08. The van der Waals surface area contributed by atoms with Crippen molar-refractivity contribution >= 4 is 0 Å². The normalized spacial score (nSPS) is 16.9. The van der Waals surface area contributed by atoms with Crippen LogP contribution in [0.2, 0.25) is 0 Å². The number of nitrogens with zero attached hydrogens (tertiary/aromatic N) is 1. The molecule has 0 amide bonds. The summed E-state index contributed by atoms with van der Waals surface area (Å²) in [7, 11) is 0. The zero-order chi connectivity index (χ0) is 13.4. The Labute approximate surface area is 111 Å². The summed E-state index contributed by atoms with van der Waals surface area (Å²) in [6.07, 6.45) is 9.40. The molecule has 0 unspecified atom stereocenters. The van der Waals surface area contributed by atoms with Crippen LogP contribution in [0.25, 0.3) is 0 Å². The number of hydrogen-bond donors (Lipinski definition) is 1. The second-order valence-electron chi connectivity index (χ2n) is 4.72. The van der Waals surface area contributed by atoms with E-state index in [0.717, 1.165) is 24.0 Å². The van der Waals surface area contributed by atoms with Gasteiger partial charge in [0.05, 0.1) is 5.54 Å². The van der Waals surface area contributed by atoms with E-state index in [0.29, 0.717) is 0 Å². The van der Waals surface area contributed by atoms with Gasteiger partial charge in [0.2, 0.25) is 0 Å². The summed E-state index contributed by atoms with van der Waals surface area (Å²) in [6.45, 7) is 6.02. The van der Waals surface area contributed by atoms with Crippen molar-refractivity contribution in [2.45, 2.75) is 58.4 Å². The van der Waals surface area contributed by atoms with Gasteiger partial charge in [-0.2, -0.15) is 0 Å². The van der Waals surface area contributed by atoms with Crippen molar-refractivity contribution in [3.8, 4) is 11.8 Å². The minimum Gasteiger partial charge on any atom is -0.315 e. The number of pyridine rings is 1. The molecule has 2 rings (SSSR count). The van der Waals surface area contributed by atoms with Crippen LogP contribution in [0, 0.1) is 18.8 Å². The van der Waals surface area contributed by atoms with Crippen LogP contribution in [0.1, 0.15) is 57.1 Å². The Hall–Kier alpha value is -1.33. The van der Waals surface area contributed by atoms with E-state index < -0.39 is 0 Å². The molecule has 0 saturated heterocycles. The minimum atomic E-state index is -0.262. The Morgan fingerprint density at radius 2 is 1.83 bits per heavy atom. The predicted molar refractivity (Wildman–Crippen MR) is 77.2 cm³/mol. The van der Waals surface area contributed by atoms with Crippen LogP contribution in [0.3, 0.4) is 0 Å². The van der Waals surface area contributed by atoms with Gasteiger partial charge in [0.25, 0.3) is 0 Å². The highest BCUT2D eigenvalue weighted by atomic mass is 14.7. The Morgan fingerprint density at radius 1 is 1.17 bits per heavy atom. The van der Waals surface area contributed by atoms with Gasteiger partial charge in [0, 0.05) is 18.0 Å². The molecule has 2 nitrogen and oxygen atoms in total. The van der Waals surface area contributed by atoms with Crippen molar-refractivity contribution in [3.05, 3.63) is 29.6 Å². The lowest BCUT2D eigenvalue weighted by molar-refractivity contribution is 0.370. The van der Waals surface area contributed by atoms with E-state index in [-0.39, 0.29) is 5.54 Å². The van der Waals surface area contributed by atoms with E-state index in [1.54, 1.807) is 6.20 Å². The van der Waals surface area contributed by atoms with Gasteiger partial charge < -0.3 is 5.73 Å². The number of aromatic nitrogens is 1. The maximum absolute atomic E-state index is 6.25. The van der Waals surface area contributed by atoms with Crippen LogP contribution >= 0.6 is 0 Å². The zero-order valence-electron chi connectivity index (χ0n) is 11.8. The molecule has 0 atom stereocenters. The summed E-state index contributed by atoms with van der Waals surface area (Å²) < 4.78 is 0. The fraction of sp³-hybridized carbons (Fsp3) is 0.562. The SMILES string of the molecule is CC.Cc1cncc(C#CC2(N)CCCCC2)c1. The van der Waals surface area contributed by atoms with Crippen LogP contribution in [0.5, 0.6) is 0 Å². The molecule has 2 N–H and O–H groups in total. The van der Waals surface area contributed by atoms with Crippen LogP contribution < -0.4 is 5.73 Å². The number of rotatable bonds is 0. The summed E-state index contributed by atoms with van der Waals surface area (Å²) in [5, 5.41) is 0. The molecule has 1 aliphatic carbocycles. The summed E-state index contributed by atoms with van der Waals surface area (Å²) in [5.74, 6) is 6.39. The second-order valence-corrected chi connectivity index (χ2v) is 4.72. The van der Waals surface area contributed by atoms with Crippen molar-refractivity contribution < 1.29 is 0 Å². The Morgan fingerprint density at radius 3 is 2.44 bits per heavy atom. The molecule has 0 aliphatic heterocycles. The first-order valence-electron chi connectivity index (χ1n) is 6.92. The molecule has 18 heavy (non-hydrogen) atoms. The highest BCUT2D eigenvalue weighted by Gasteiger charge is 2.24. The average Bonchev–Trinajstić information content (AvgIpc) is 2.40. The topological polar surface area (TPSA) is 38.9 Å². The lowest BCUT2D eigenvalue weighted by Gasteiger charge is -2.27. The lowest BCUT2D eigenvalue weighted by atomic mass is 9.83. The van der Waals surface area contributed by atoms with Crippen LogP contribution in [0.4, 0.5) is 0 Å². The summed E-state index contributed by atoms with van der Waals surface area (Å²) in [6, 6.07) is 2.05. The molecule has 0 bridgehead atoms. The highest BCUT2D eigenvalue weighted by molar-refractivity contribution is 5.36. The van der Waals surface area contributed by atoms with Gasteiger partial charge in [0.1, 0.15) is 0 Å². The third kappa shape index (κ3) is 4.50. The number of hydrogen-bond acceptors (Lipinski definition) is 2. The number of aryl methyl sites for hydroxylation is 1. The molecule has 0 aromatic carbocycles. The first kappa shape index (κ1) is 14.7. The van der Waals surface area contributed by atoms with E-state index in [4.69, 9.17) is 5.73 Å². The van der Waals surface area contributed by atoms with Crippen molar-refractivity contribution in [1.29, 1.82) is 0 Å². The largest absolute Gasteiger partial charge is 0.315 e. The van der Waals surface area contributed by atoms with Gasteiger partial charge >= 0.3 is 0 Å². The van der Waals surface area contributed by atoms with E-state index >= 15 is 0 Å². The summed E-state index contributed by atoms with van der Waals surface area (Å²) >= 11 is 0. The minimum absolute atomic E-state index is 0.262. The monoisotopic (exact) mass is 244 g/mol. The van der Waals surface area contributed by atoms with Crippen LogP contribution in [-0.2, 0) is 0 Å².